The monoisotopic (exact) mass is 231 g/mol. The van der Waals surface area contributed by atoms with Gasteiger partial charge in [-0.25, -0.2) is 4.98 Å². The minimum atomic E-state index is 0.598. The summed E-state index contributed by atoms with van der Waals surface area (Å²) in [5.41, 5.74) is 0.952. The molecule has 0 saturated heterocycles. The van der Waals surface area contributed by atoms with Crippen molar-refractivity contribution < 1.29 is 0 Å². The largest absolute Gasteiger partial charge is 0.323 e. The van der Waals surface area contributed by atoms with Crippen LogP contribution in [0.4, 0.5) is 11.6 Å². The average Bonchev–Trinajstić information content (AvgIpc) is 3.02. The molecule has 0 atom stereocenters. The first-order chi connectivity index (χ1) is 8.43. The molecule has 1 saturated carbocycles. The molecular formula is C12H17N5. The molecule has 3 rings (SSSR count). The third-order valence-corrected chi connectivity index (χ3v) is 3.39. The Morgan fingerprint density at radius 3 is 2.94 bits per heavy atom. The Bertz CT molecular complexity index is 453. The van der Waals surface area contributed by atoms with Crippen molar-refractivity contribution in [1.82, 2.24) is 19.7 Å². The maximum Gasteiger partial charge on any atom is 0.207 e. The van der Waals surface area contributed by atoms with E-state index in [1.165, 1.54) is 32.1 Å². The Labute approximate surface area is 100 Å². The van der Waals surface area contributed by atoms with Crippen LogP contribution in [0.3, 0.4) is 0 Å². The maximum atomic E-state index is 4.38. The number of rotatable bonds is 3. The normalized spacial score (nSPS) is 17.2. The zero-order valence-electron chi connectivity index (χ0n) is 9.76. The fraction of sp³-hybridized carbons (Fsp3) is 0.500. The second-order valence-electron chi connectivity index (χ2n) is 4.56. The van der Waals surface area contributed by atoms with Gasteiger partial charge in [0.15, 0.2) is 0 Å². The molecule has 0 bridgehead atoms. The summed E-state index contributed by atoms with van der Waals surface area (Å²) in [6, 6.07) is 0.598. The van der Waals surface area contributed by atoms with Crippen molar-refractivity contribution >= 4 is 11.6 Å². The number of nitrogens with one attached hydrogen (secondary N) is 2. The first-order valence-electron chi connectivity index (χ1n) is 6.22. The van der Waals surface area contributed by atoms with Crippen LogP contribution in [0.25, 0.3) is 0 Å². The van der Waals surface area contributed by atoms with Crippen molar-refractivity contribution in [2.24, 2.45) is 0 Å². The molecule has 1 aliphatic rings. The molecule has 90 valence electrons. The van der Waals surface area contributed by atoms with Gasteiger partial charge in [-0.2, -0.15) is 5.10 Å². The van der Waals surface area contributed by atoms with Crippen LogP contribution >= 0.6 is 0 Å². The first-order valence-corrected chi connectivity index (χ1v) is 6.22. The van der Waals surface area contributed by atoms with E-state index in [-0.39, 0.29) is 0 Å². The third kappa shape index (κ3) is 2.18. The predicted molar refractivity (Wildman–Crippen MR) is 66.2 cm³/mol. The Kier molecular flexibility index (Phi) is 2.81. The lowest BCUT2D eigenvalue weighted by molar-refractivity contribution is 0.356. The van der Waals surface area contributed by atoms with Crippen molar-refractivity contribution in [2.45, 2.75) is 38.1 Å². The molecular weight excluding hydrogens is 214 g/mol. The molecule has 2 N–H and O–H groups in total. The molecule has 2 heterocycles. The minimum Gasteiger partial charge on any atom is -0.323 e. The highest BCUT2D eigenvalue weighted by atomic mass is 15.2. The molecule has 0 aliphatic heterocycles. The van der Waals surface area contributed by atoms with Gasteiger partial charge in [-0.05, 0) is 12.8 Å². The second-order valence-corrected chi connectivity index (χ2v) is 4.56. The van der Waals surface area contributed by atoms with Gasteiger partial charge in [-0.15, -0.1) is 0 Å². The van der Waals surface area contributed by atoms with Crippen LogP contribution in [0, 0.1) is 0 Å². The number of aromatic amines is 1. The van der Waals surface area contributed by atoms with E-state index in [1.807, 2.05) is 12.4 Å². The number of anilines is 2. The molecule has 0 unspecified atom stereocenters. The fourth-order valence-corrected chi connectivity index (χ4v) is 2.51. The molecule has 1 fully saturated rings. The van der Waals surface area contributed by atoms with Crippen molar-refractivity contribution in [1.29, 1.82) is 0 Å². The van der Waals surface area contributed by atoms with Gasteiger partial charge in [0.1, 0.15) is 0 Å². The zero-order chi connectivity index (χ0) is 11.5. The van der Waals surface area contributed by atoms with E-state index in [1.54, 1.807) is 6.20 Å². The number of imidazole rings is 1. The highest BCUT2D eigenvalue weighted by molar-refractivity contribution is 5.50. The molecule has 0 spiro atoms. The SMILES string of the molecule is c1cn(C2CCCCC2)c(Nc2cn[nH]c2)n1. The molecule has 1 aliphatic carbocycles. The van der Waals surface area contributed by atoms with Gasteiger partial charge in [0, 0.05) is 24.6 Å². The van der Waals surface area contributed by atoms with Gasteiger partial charge >= 0.3 is 0 Å². The number of hydrogen-bond donors (Lipinski definition) is 2. The molecule has 5 nitrogen and oxygen atoms in total. The summed E-state index contributed by atoms with van der Waals surface area (Å²) in [6.45, 7) is 0. The lowest BCUT2D eigenvalue weighted by atomic mass is 9.95. The van der Waals surface area contributed by atoms with Crippen LogP contribution in [0.2, 0.25) is 0 Å². The topological polar surface area (TPSA) is 58.5 Å². The summed E-state index contributed by atoms with van der Waals surface area (Å²) in [5, 5.41) is 10.00. The number of aromatic nitrogens is 4. The molecule has 2 aromatic rings. The van der Waals surface area contributed by atoms with Gasteiger partial charge in [-0.1, -0.05) is 19.3 Å². The van der Waals surface area contributed by atoms with E-state index < -0.39 is 0 Å². The van der Waals surface area contributed by atoms with E-state index >= 15 is 0 Å². The van der Waals surface area contributed by atoms with Gasteiger partial charge < -0.3 is 9.88 Å². The van der Waals surface area contributed by atoms with Crippen molar-refractivity contribution in [3.05, 3.63) is 24.8 Å². The van der Waals surface area contributed by atoms with Crippen LogP contribution in [0.15, 0.2) is 24.8 Å². The summed E-state index contributed by atoms with van der Waals surface area (Å²) in [7, 11) is 0. The summed E-state index contributed by atoms with van der Waals surface area (Å²) in [5.74, 6) is 0.915. The van der Waals surface area contributed by atoms with Crippen LogP contribution < -0.4 is 5.32 Å². The Balaban J connectivity index is 1.78. The molecule has 2 aromatic heterocycles. The van der Waals surface area contributed by atoms with E-state index in [2.05, 4.69) is 31.3 Å². The predicted octanol–water partition coefficient (Wildman–Crippen LogP) is 2.86. The molecule has 17 heavy (non-hydrogen) atoms. The quantitative estimate of drug-likeness (QED) is 0.854. The van der Waals surface area contributed by atoms with Crippen LogP contribution in [-0.2, 0) is 0 Å². The average molecular weight is 231 g/mol. The highest BCUT2D eigenvalue weighted by Crippen LogP contribution is 2.30. The van der Waals surface area contributed by atoms with E-state index in [4.69, 9.17) is 0 Å². The Hall–Kier alpha value is -1.78. The molecule has 0 aromatic carbocycles. The number of nitrogens with zero attached hydrogens (tertiary/aromatic N) is 3. The van der Waals surface area contributed by atoms with Gasteiger partial charge in [0.25, 0.3) is 0 Å². The van der Waals surface area contributed by atoms with Crippen LogP contribution in [-0.4, -0.2) is 19.7 Å². The van der Waals surface area contributed by atoms with Gasteiger partial charge in [0.2, 0.25) is 5.95 Å². The molecule has 5 heteroatoms. The summed E-state index contributed by atoms with van der Waals surface area (Å²) >= 11 is 0. The maximum absolute atomic E-state index is 4.38. The summed E-state index contributed by atoms with van der Waals surface area (Å²) in [6.07, 6.45) is 14.1. The minimum absolute atomic E-state index is 0.598. The molecule has 0 radical (unpaired) electrons. The number of H-pyrrole nitrogens is 1. The first kappa shape index (κ1) is 10.4. The fourth-order valence-electron chi connectivity index (χ4n) is 2.51. The van der Waals surface area contributed by atoms with Gasteiger partial charge in [0.05, 0.1) is 11.9 Å². The van der Waals surface area contributed by atoms with Crippen LogP contribution in [0.1, 0.15) is 38.1 Å². The van der Waals surface area contributed by atoms with E-state index in [9.17, 15) is 0 Å². The Morgan fingerprint density at radius 2 is 2.18 bits per heavy atom. The van der Waals surface area contributed by atoms with E-state index in [0.717, 1.165) is 11.6 Å². The van der Waals surface area contributed by atoms with Gasteiger partial charge in [-0.3, -0.25) is 5.10 Å². The van der Waals surface area contributed by atoms with Crippen molar-refractivity contribution in [2.75, 3.05) is 5.32 Å². The standard InChI is InChI=1S/C12H17N5/c1-2-4-11(5-3-1)17-7-6-13-12(17)16-10-8-14-15-9-10/h6-9,11H,1-5H2,(H,13,16)(H,14,15). The van der Waals surface area contributed by atoms with Crippen molar-refractivity contribution in [3.63, 3.8) is 0 Å². The lowest BCUT2D eigenvalue weighted by Crippen LogP contribution is -2.14. The Morgan fingerprint density at radius 1 is 1.29 bits per heavy atom. The highest BCUT2D eigenvalue weighted by Gasteiger charge is 2.17. The smallest absolute Gasteiger partial charge is 0.207 e. The summed E-state index contributed by atoms with van der Waals surface area (Å²) < 4.78 is 2.26. The summed E-state index contributed by atoms with van der Waals surface area (Å²) in [4.78, 5) is 4.38. The van der Waals surface area contributed by atoms with E-state index in [0.29, 0.717) is 6.04 Å². The van der Waals surface area contributed by atoms with Crippen molar-refractivity contribution in [3.8, 4) is 0 Å². The third-order valence-electron chi connectivity index (χ3n) is 3.39. The second kappa shape index (κ2) is 4.61. The number of hydrogen-bond acceptors (Lipinski definition) is 3. The zero-order valence-corrected chi connectivity index (χ0v) is 9.76. The van der Waals surface area contributed by atoms with Crippen LogP contribution in [0.5, 0.6) is 0 Å². The molecule has 0 amide bonds. The lowest BCUT2D eigenvalue weighted by Gasteiger charge is -2.24.